The highest BCUT2D eigenvalue weighted by molar-refractivity contribution is 5.92. The molecule has 0 aliphatic carbocycles. The van der Waals surface area contributed by atoms with Crippen LogP contribution in [0.5, 0.6) is 0 Å². The van der Waals surface area contributed by atoms with Gasteiger partial charge in [0.1, 0.15) is 5.82 Å². The zero-order valence-corrected chi connectivity index (χ0v) is 15.1. The number of halogens is 1. The summed E-state index contributed by atoms with van der Waals surface area (Å²) in [4.78, 5) is 24.9. The maximum Gasteiger partial charge on any atom is 0.279 e. The highest BCUT2D eigenvalue weighted by atomic mass is 19.1. The Kier molecular flexibility index (Phi) is 7.29. The summed E-state index contributed by atoms with van der Waals surface area (Å²) in [5.74, 6) is -0.722. The number of hydrogen-bond acceptors (Lipinski definition) is 2. The van der Waals surface area contributed by atoms with Crippen molar-refractivity contribution in [3.05, 3.63) is 65.5 Å². The predicted molar refractivity (Wildman–Crippen MR) is 99.3 cm³/mol. The third-order valence-corrected chi connectivity index (χ3v) is 4.03. The van der Waals surface area contributed by atoms with Gasteiger partial charge < -0.3 is 15.5 Å². The molecule has 2 aromatic rings. The van der Waals surface area contributed by atoms with E-state index in [0.717, 1.165) is 22.6 Å². The summed E-state index contributed by atoms with van der Waals surface area (Å²) in [6.45, 7) is 2.47. The number of quaternary nitrogens is 1. The molecular formula is C20H25FN3O2+. The summed E-state index contributed by atoms with van der Waals surface area (Å²) in [6, 6.07) is 14.0. The van der Waals surface area contributed by atoms with Crippen molar-refractivity contribution in [1.82, 2.24) is 5.32 Å². The molecule has 0 radical (unpaired) electrons. The minimum Gasteiger partial charge on any atom is -0.347 e. The predicted octanol–water partition coefficient (Wildman–Crippen LogP) is 1.16. The van der Waals surface area contributed by atoms with Crippen LogP contribution in [0.25, 0.3) is 0 Å². The van der Waals surface area contributed by atoms with Crippen LogP contribution < -0.4 is 15.5 Å². The number of carbonyl (C=O) groups is 2. The van der Waals surface area contributed by atoms with Gasteiger partial charge in [-0.05, 0) is 24.1 Å². The van der Waals surface area contributed by atoms with Gasteiger partial charge in [-0.2, -0.15) is 0 Å². The number of likely N-dealkylation sites (N-methyl/N-ethyl adjacent to an activating group) is 1. The van der Waals surface area contributed by atoms with Crippen molar-refractivity contribution in [1.29, 1.82) is 0 Å². The number of aryl methyl sites for hydroxylation is 1. The molecule has 6 heteroatoms. The lowest BCUT2D eigenvalue weighted by atomic mass is 10.1. The van der Waals surface area contributed by atoms with Gasteiger partial charge in [-0.3, -0.25) is 9.59 Å². The second kappa shape index (κ2) is 9.68. The standard InChI is InChI=1S/C20H24FN3O2/c1-3-15-8-5-7-11-18(15)23-20(26)14-24(2)13-19(25)22-12-16-9-4-6-10-17(16)21/h4-11H,3,12-14H2,1-2H3,(H,22,25)(H,23,26)/p+1. The summed E-state index contributed by atoms with van der Waals surface area (Å²) in [5, 5.41) is 5.57. The number of carbonyl (C=O) groups excluding carboxylic acids is 2. The first kappa shape index (κ1) is 19.6. The second-order valence-electron chi connectivity index (χ2n) is 6.24. The molecule has 5 nitrogen and oxygen atoms in total. The van der Waals surface area contributed by atoms with Gasteiger partial charge in [-0.25, -0.2) is 4.39 Å². The van der Waals surface area contributed by atoms with Crippen molar-refractivity contribution in [2.45, 2.75) is 19.9 Å². The zero-order valence-electron chi connectivity index (χ0n) is 15.1. The molecule has 0 fully saturated rings. The van der Waals surface area contributed by atoms with Gasteiger partial charge >= 0.3 is 0 Å². The number of benzene rings is 2. The van der Waals surface area contributed by atoms with E-state index in [9.17, 15) is 14.0 Å². The Balaban J connectivity index is 1.78. The Hall–Kier alpha value is -2.73. The van der Waals surface area contributed by atoms with Crippen molar-refractivity contribution in [2.75, 3.05) is 25.5 Å². The van der Waals surface area contributed by atoms with E-state index >= 15 is 0 Å². The van der Waals surface area contributed by atoms with Crippen molar-refractivity contribution >= 4 is 17.5 Å². The third kappa shape index (κ3) is 5.97. The van der Waals surface area contributed by atoms with Crippen LogP contribution in [0.3, 0.4) is 0 Å². The van der Waals surface area contributed by atoms with E-state index < -0.39 is 0 Å². The van der Waals surface area contributed by atoms with Gasteiger partial charge in [-0.1, -0.05) is 43.3 Å². The number of para-hydroxylation sites is 1. The molecule has 0 saturated heterocycles. The highest BCUT2D eigenvalue weighted by Gasteiger charge is 2.15. The summed E-state index contributed by atoms with van der Waals surface area (Å²) in [6.07, 6.45) is 0.831. The molecular weight excluding hydrogens is 333 g/mol. The Bertz CT molecular complexity index is 764. The van der Waals surface area contributed by atoms with Crippen molar-refractivity contribution in [3.63, 3.8) is 0 Å². The fraction of sp³-hybridized carbons (Fsp3) is 0.300. The molecule has 2 amide bonds. The number of hydrogen-bond donors (Lipinski definition) is 3. The van der Waals surface area contributed by atoms with Crippen LogP contribution in [-0.2, 0) is 22.6 Å². The van der Waals surface area contributed by atoms with Crippen LogP contribution in [-0.4, -0.2) is 32.0 Å². The minimum atomic E-state index is -0.345. The van der Waals surface area contributed by atoms with Crippen LogP contribution in [0.1, 0.15) is 18.1 Å². The van der Waals surface area contributed by atoms with Crippen LogP contribution in [0, 0.1) is 5.82 Å². The van der Waals surface area contributed by atoms with E-state index in [4.69, 9.17) is 0 Å². The molecule has 0 saturated carbocycles. The molecule has 26 heavy (non-hydrogen) atoms. The average Bonchev–Trinajstić information content (AvgIpc) is 2.61. The highest BCUT2D eigenvalue weighted by Crippen LogP contribution is 2.14. The zero-order chi connectivity index (χ0) is 18.9. The van der Waals surface area contributed by atoms with Crippen molar-refractivity contribution in [2.24, 2.45) is 0 Å². The lowest BCUT2D eigenvalue weighted by molar-refractivity contribution is -0.862. The summed E-state index contributed by atoms with van der Waals surface area (Å²) >= 11 is 0. The van der Waals surface area contributed by atoms with Gasteiger partial charge in [0.15, 0.2) is 13.1 Å². The van der Waals surface area contributed by atoms with Gasteiger partial charge in [0.2, 0.25) is 0 Å². The van der Waals surface area contributed by atoms with E-state index in [2.05, 4.69) is 10.6 Å². The molecule has 2 rings (SSSR count). The quantitative estimate of drug-likeness (QED) is 0.663. The van der Waals surface area contributed by atoms with Crippen molar-refractivity contribution < 1.29 is 18.9 Å². The molecule has 3 N–H and O–H groups in total. The van der Waals surface area contributed by atoms with Crippen LogP contribution in [0.2, 0.25) is 0 Å². The second-order valence-corrected chi connectivity index (χ2v) is 6.24. The smallest absolute Gasteiger partial charge is 0.279 e. The van der Waals surface area contributed by atoms with Gasteiger partial charge in [0.25, 0.3) is 11.8 Å². The molecule has 0 aliphatic rings. The van der Waals surface area contributed by atoms with Gasteiger partial charge in [-0.15, -0.1) is 0 Å². The maximum absolute atomic E-state index is 13.5. The summed E-state index contributed by atoms with van der Waals surface area (Å²) in [5.41, 5.74) is 2.31. The molecule has 2 aromatic carbocycles. The first-order chi connectivity index (χ1) is 12.5. The van der Waals surface area contributed by atoms with E-state index in [1.807, 2.05) is 31.2 Å². The van der Waals surface area contributed by atoms with E-state index in [1.165, 1.54) is 6.07 Å². The Morgan fingerprint density at radius 3 is 2.27 bits per heavy atom. The van der Waals surface area contributed by atoms with E-state index in [-0.39, 0.29) is 37.3 Å². The number of anilines is 1. The van der Waals surface area contributed by atoms with Crippen LogP contribution in [0.4, 0.5) is 10.1 Å². The Labute approximate surface area is 153 Å². The molecule has 1 unspecified atom stereocenters. The minimum absolute atomic E-state index is 0.134. The normalized spacial score (nSPS) is 11.7. The molecule has 1 atom stereocenters. The van der Waals surface area contributed by atoms with E-state index in [1.54, 1.807) is 25.2 Å². The number of amides is 2. The van der Waals surface area contributed by atoms with Gasteiger partial charge in [0.05, 0.1) is 7.05 Å². The Morgan fingerprint density at radius 2 is 1.58 bits per heavy atom. The molecule has 0 heterocycles. The monoisotopic (exact) mass is 358 g/mol. The fourth-order valence-corrected chi connectivity index (χ4v) is 2.65. The molecule has 0 aliphatic heterocycles. The lowest BCUT2D eigenvalue weighted by Crippen LogP contribution is -3.11. The largest absolute Gasteiger partial charge is 0.347 e. The number of rotatable bonds is 8. The summed E-state index contributed by atoms with van der Waals surface area (Å²) in [7, 11) is 1.77. The van der Waals surface area contributed by atoms with Crippen molar-refractivity contribution in [3.8, 4) is 0 Å². The van der Waals surface area contributed by atoms with E-state index in [0.29, 0.717) is 5.56 Å². The molecule has 0 spiro atoms. The number of nitrogens with one attached hydrogen (secondary N) is 3. The lowest BCUT2D eigenvalue weighted by Gasteiger charge is -2.15. The maximum atomic E-state index is 13.5. The molecule has 0 bridgehead atoms. The van der Waals surface area contributed by atoms with Gasteiger partial charge in [0, 0.05) is 17.8 Å². The molecule has 0 aromatic heterocycles. The van der Waals surface area contributed by atoms with Crippen LogP contribution in [0.15, 0.2) is 48.5 Å². The summed E-state index contributed by atoms with van der Waals surface area (Å²) < 4.78 is 13.5. The third-order valence-electron chi connectivity index (χ3n) is 4.03. The SMILES string of the molecule is CCc1ccccc1NC(=O)C[NH+](C)CC(=O)NCc1ccccc1F. The fourth-order valence-electron chi connectivity index (χ4n) is 2.65. The van der Waals surface area contributed by atoms with Crippen LogP contribution >= 0.6 is 0 Å². The Morgan fingerprint density at radius 1 is 0.962 bits per heavy atom. The first-order valence-electron chi connectivity index (χ1n) is 8.68. The first-order valence-corrected chi connectivity index (χ1v) is 8.68. The molecule has 138 valence electrons. The topological polar surface area (TPSA) is 62.6 Å². The average molecular weight is 358 g/mol.